The van der Waals surface area contributed by atoms with Crippen molar-refractivity contribution in [1.82, 2.24) is 0 Å². The number of hydrogen-bond donors (Lipinski definition) is 0. The molecular formula is C21H26N3O2SY+. The number of allylic oxidation sites excluding steroid dienone is 1. The molecule has 0 aliphatic carbocycles. The summed E-state index contributed by atoms with van der Waals surface area (Å²) in [5.41, 5.74) is 3.01. The fraction of sp³-hybridized carbons (Fsp3) is 0.381. The first kappa shape index (κ1) is 22.9. The Bertz CT molecular complexity index is 943. The summed E-state index contributed by atoms with van der Waals surface area (Å²) in [7, 11) is 2.02. The van der Waals surface area contributed by atoms with Crippen LogP contribution in [0, 0.1) is 10.1 Å². The van der Waals surface area contributed by atoms with Crippen molar-refractivity contribution in [1.29, 1.82) is 0 Å². The molecule has 145 valence electrons. The largest absolute Gasteiger partial charge is 0.364 e. The van der Waals surface area contributed by atoms with E-state index in [1.165, 1.54) is 9.88 Å². The van der Waals surface area contributed by atoms with Gasteiger partial charge in [0.1, 0.15) is 7.05 Å². The summed E-state index contributed by atoms with van der Waals surface area (Å²) in [5, 5.41) is 12.4. The SMILES string of the molecule is CCN(CC)c1ccc(C=CC2=[N+](C)c3ccc([N+](=O)[O-])cc3C2(C)C)s1.[Y]. The number of thiophene rings is 1. The second-order valence-electron chi connectivity index (χ2n) is 7.21. The number of rotatable bonds is 6. The zero-order chi connectivity index (χ0) is 19.8. The molecule has 0 saturated heterocycles. The minimum atomic E-state index is -0.329. The van der Waals surface area contributed by atoms with Gasteiger partial charge in [-0.05, 0) is 45.9 Å². The number of hydrogen-bond acceptors (Lipinski definition) is 4. The van der Waals surface area contributed by atoms with Crippen LogP contribution in [-0.4, -0.2) is 35.3 Å². The molecule has 0 bridgehead atoms. The molecule has 0 fully saturated rings. The smallest absolute Gasteiger partial charge is 0.270 e. The van der Waals surface area contributed by atoms with E-state index in [-0.39, 0.29) is 48.7 Å². The van der Waals surface area contributed by atoms with Crippen molar-refractivity contribution in [3.8, 4) is 0 Å². The van der Waals surface area contributed by atoms with Crippen LogP contribution in [0.15, 0.2) is 36.4 Å². The van der Waals surface area contributed by atoms with E-state index in [2.05, 4.69) is 61.5 Å². The summed E-state index contributed by atoms with van der Waals surface area (Å²) < 4.78 is 2.13. The van der Waals surface area contributed by atoms with Gasteiger partial charge in [0.25, 0.3) is 5.69 Å². The van der Waals surface area contributed by atoms with E-state index in [1.54, 1.807) is 23.5 Å². The zero-order valence-corrected chi connectivity index (χ0v) is 20.8. The summed E-state index contributed by atoms with van der Waals surface area (Å²) in [5.74, 6) is 0. The molecule has 2 aromatic rings. The maximum atomic E-state index is 11.2. The van der Waals surface area contributed by atoms with Gasteiger partial charge in [-0.1, -0.05) is 0 Å². The maximum Gasteiger partial charge on any atom is 0.270 e. The van der Waals surface area contributed by atoms with Crippen LogP contribution in [0.4, 0.5) is 16.4 Å². The van der Waals surface area contributed by atoms with E-state index in [9.17, 15) is 10.1 Å². The van der Waals surface area contributed by atoms with Crippen molar-refractivity contribution in [3.63, 3.8) is 0 Å². The van der Waals surface area contributed by atoms with E-state index >= 15 is 0 Å². The molecule has 1 aliphatic heterocycles. The Morgan fingerprint density at radius 2 is 1.86 bits per heavy atom. The number of non-ortho nitro benzene ring substituents is 1. The van der Waals surface area contributed by atoms with Crippen molar-refractivity contribution in [2.75, 3.05) is 25.0 Å². The average Bonchev–Trinajstić information content (AvgIpc) is 3.17. The first-order valence-electron chi connectivity index (χ1n) is 9.22. The first-order valence-corrected chi connectivity index (χ1v) is 10.0. The molecule has 7 heteroatoms. The van der Waals surface area contributed by atoms with Gasteiger partial charge in [-0.2, -0.15) is 4.58 Å². The number of nitrogens with zero attached hydrogens (tertiary/aromatic N) is 3. The van der Waals surface area contributed by atoms with Crippen molar-refractivity contribution in [3.05, 3.63) is 57.0 Å². The Balaban J connectivity index is 0.00000280. The number of fused-ring (bicyclic) bond motifs is 1. The second kappa shape index (κ2) is 8.97. The van der Waals surface area contributed by atoms with Crippen molar-refractivity contribution in [2.45, 2.75) is 33.1 Å². The Morgan fingerprint density at radius 3 is 2.46 bits per heavy atom. The number of nitro groups is 1. The fourth-order valence-electron chi connectivity index (χ4n) is 3.74. The van der Waals surface area contributed by atoms with Gasteiger partial charge in [-0.25, -0.2) is 0 Å². The number of anilines is 1. The minimum absolute atomic E-state index is 0. The third-order valence-corrected chi connectivity index (χ3v) is 6.43. The van der Waals surface area contributed by atoms with E-state index in [0.717, 1.165) is 30.1 Å². The van der Waals surface area contributed by atoms with Crippen LogP contribution >= 0.6 is 11.3 Å². The third kappa shape index (κ3) is 4.14. The van der Waals surface area contributed by atoms with Gasteiger partial charge in [0, 0.05) is 80.5 Å². The molecule has 0 spiro atoms. The quantitative estimate of drug-likeness (QED) is 0.329. The number of benzene rings is 1. The van der Waals surface area contributed by atoms with Crippen molar-refractivity contribution in [2.24, 2.45) is 0 Å². The normalized spacial score (nSPS) is 14.9. The van der Waals surface area contributed by atoms with Crippen LogP contribution in [0.1, 0.15) is 38.1 Å². The zero-order valence-electron chi connectivity index (χ0n) is 17.1. The summed E-state index contributed by atoms with van der Waals surface area (Å²) in [4.78, 5) is 14.4. The number of nitro benzene ring substituents is 1. The molecule has 3 rings (SSSR count). The van der Waals surface area contributed by atoms with Crippen LogP contribution < -0.4 is 4.90 Å². The molecule has 0 amide bonds. The van der Waals surface area contributed by atoms with Crippen LogP contribution in [0.25, 0.3) is 6.08 Å². The summed E-state index contributed by atoms with van der Waals surface area (Å²) in [6, 6.07) is 9.45. The molecule has 0 unspecified atom stereocenters. The van der Waals surface area contributed by atoms with Gasteiger partial charge in [0.2, 0.25) is 5.69 Å². The summed E-state index contributed by atoms with van der Waals surface area (Å²) in [6.07, 6.45) is 4.29. The van der Waals surface area contributed by atoms with Gasteiger partial charge in [-0.15, -0.1) is 11.3 Å². The second-order valence-corrected chi connectivity index (χ2v) is 8.30. The van der Waals surface area contributed by atoms with Gasteiger partial charge in [0.15, 0.2) is 5.71 Å². The van der Waals surface area contributed by atoms with Gasteiger partial charge < -0.3 is 4.90 Å². The van der Waals surface area contributed by atoms with Crippen molar-refractivity contribution < 1.29 is 42.2 Å². The Labute approximate surface area is 195 Å². The molecule has 1 aliphatic rings. The Kier molecular flexibility index (Phi) is 7.35. The van der Waals surface area contributed by atoms with E-state index in [1.807, 2.05) is 13.1 Å². The monoisotopic (exact) mass is 473 g/mol. The Hall–Kier alpha value is -1.37. The predicted molar refractivity (Wildman–Crippen MR) is 114 cm³/mol. The molecular weight excluding hydrogens is 447 g/mol. The molecule has 0 N–H and O–H groups in total. The molecule has 1 aromatic heterocycles. The van der Waals surface area contributed by atoms with E-state index < -0.39 is 0 Å². The molecule has 0 saturated carbocycles. The van der Waals surface area contributed by atoms with Crippen molar-refractivity contribution >= 4 is 39.5 Å². The summed E-state index contributed by atoms with van der Waals surface area (Å²) in [6.45, 7) is 10.6. The van der Waals surface area contributed by atoms with Crippen LogP contribution in [-0.2, 0) is 38.1 Å². The van der Waals surface area contributed by atoms with E-state index in [0.29, 0.717) is 0 Å². The Morgan fingerprint density at radius 1 is 1.18 bits per heavy atom. The third-order valence-electron chi connectivity index (χ3n) is 5.32. The molecule has 28 heavy (non-hydrogen) atoms. The van der Waals surface area contributed by atoms with Gasteiger partial charge in [-0.3, -0.25) is 10.1 Å². The van der Waals surface area contributed by atoms with Gasteiger partial charge >= 0.3 is 0 Å². The summed E-state index contributed by atoms with van der Waals surface area (Å²) >= 11 is 1.78. The average molecular weight is 473 g/mol. The molecule has 2 heterocycles. The first-order chi connectivity index (χ1) is 12.8. The fourth-order valence-corrected chi connectivity index (χ4v) is 4.77. The van der Waals surface area contributed by atoms with Gasteiger partial charge in [0.05, 0.1) is 15.3 Å². The predicted octanol–water partition coefficient (Wildman–Crippen LogP) is 5.22. The maximum absolute atomic E-state index is 11.2. The van der Waals surface area contributed by atoms with Crippen LogP contribution in [0.2, 0.25) is 0 Å². The topological polar surface area (TPSA) is 49.4 Å². The van der Waals surface area contributed by atoms with Crippen LogP contribution in [0.5, 0.6) is 0 Å². The molecule has 5 nitrogen and oxygen atoms in total. The van der Waals surface area contributed by atoms with Crippen LogP contribution in [0.3, 0.4) is 0 Å². The minimum Gasteiger partial charge on any atom is -0.364 e. The molecule has 1 radical (unpaired) electrons. The standard InChI is InChI=1S/C21H26N3O2S.Y/c1-6-23(7-2)20-13-10-16(27-20)9-12-19-21(3,4)17-14-15(24(25)26)8-11-18(17)22(19)5;/h8-14H,6-7H2,1-5H3;/q+1;. The molecule has 1 aromatic carbocycles. The molecule has 0 atom stereocenters. The van der Waals surface area contributed by atoms with E-state index in [4.69, 9.17) is 0 Å².